The molecule has 0 atom stereocenters. The summed E-state index contributed by atoms with van der Waals surface area (Å²) >= 11 is 0. The fourth-order valence-corrected chi connectivity index (χ4v) is 10.3. The number of benzene rings is 8. The normalized spacial score (nSPS) is 14.2. The van der Waals surface area contributed by atoms with Crippen LogP contribution < -0.4 is 9.80 Å². The standard InChI is InChI=1S/C55H45N3/c1-54(2)47-26-16-13-23-42(47)45-32-38(29-31-48(45)54)58(37-20-10-7-11-21-37)52-35-40(34-51-53(52)44-24-14-17-27-50(44)56(51)5)57(36-18-8-6-9-19-36)39-28-30-43-41-22-12-15-25-46(41)55(3,4)49(43)33-39/h6-35H,1-5H3. The summed E-state index contributed by atoms with van der Waals surface area (Å²) < 4.78 is 2.37. The van der Waals surface area contributed by atoms with Crippen molar-refractivity contribution in [3.8, 4) is 22.3 Å². The summed E-state index contributed by atoms with van der Waals surface area (Å²) in [5.74, 6) is 0. The van der Waals surface area contributed by atoms with E-state index in [-0.39, 0.29) is 10.8 Å². The quantitative estimate of drug-likeness (QED) is 0.168. The van der Waals surface area contributed by atoms with Crippen LogP contribution in [0.2, 0.25) is 0 Å². The highest BCUT2D eigenvalue weighted by atomic mass is 15.2. The fraction of sp³-hybridized carbons (Fsp3) is 0.127. The van der Waals surface area contributed by atoms with Gasteiger partial charge >= 0.3 is 0 Å². The first kappa shape index (κ1) is 34.4. The number of hydrogen-bond acceptors (Lipinski definition) is 2. The van der Waals surface area contributed by atoms with Crippen molar-refractivity contribution < 1.29 is 0 Å². The van der Waals surface area contributed by atoms with Crippen molar-refractivity contribution in [1.29, 1.82) is 0 Å². The molecule has 0 aliphatic heterocycles. The van der Waals surface area contributed by atoms with Gasteiger partial charge in [-0.05, 0) is 111 Å². The molecule has 1 heterocycles. The lowest BCUT2D eigenvalue weighted by atomic mass is 9.82. The molecule has 1 aromatic heterocycles. The van der Waals surface area contributed by atoms with Gasteiger partial charge in [0.1, 0.15) is 0 Å². The first-order chi connectivity index (χ1) is 28.2. The van der Waals surface area contributed by atoms with Crippen molar-refractivity contribution in [3.05, 3.63) is 204 Å². The van der Waals surface area contributed by atoms with Gasteiger partial charge in [-0.1, -0.05) is 143 Å². The molecule has 0 unspecified atom stereocenters. The number of nitrogens with zero attached hydrogens (tertiary/aromatic N) is 3. The predicted molar refractivity (Wildman–Crippen MR) is 245 cm³/mol. The van der Waals surface area contributed by atoms with Crippen molar-refractivity contribution in [1.82, 2.24) is 4.57 Å². The van der Waals surface area contributed by atoms with Gasteiger partial charge in [0.2, 0.25) is 0 Å². The third-order valence-electron chi connectivity index (χ3n) is 13.2. The second-order valence-electron chi connectivity index (χ2n) is 17.1. The van der Waals surface area contributed by atoms with Gasteiger partial charge in [0.05, 0.1) is 16.9 Å². The van der Waals surface area contributed by atoms with E-state index in [1.165, 1.54) is 66.3 Å². The molecule has 8 aromatic carbocycles. The minimum Gasteiger partial charge on any atom is -0.343 e. The lowest BCUT2D eigenvalue weighted by Gasteiger charge is -2.31. The van der Waals surface area contributed by atoms with E-state index in [9.17, 15) is 0 Å². The maximum Gasteiger partial charge on any atom is 0.0582 e. The summed E-state index contributed by atoms with van der Waals surface area (Å²) in [5, 5.41) is 2.46. The Morgan fingerprint density at radius 1 is 0.362 bits per heavy atom. The number of hydrogen-bond donors (Lipinski definition) is 0. The van der Waals surface area contributed by atoms with Crippen molar-refractivity contribution in [2.45, 2.75) is 38.5 Å². The van der Waals surface area contributed by atoms with Gasteiger partial charge in [-0.2, -0.15) is 0 Å². The summed E-state index contributed by atoms with van der Waals surface area (Å²) in [5.41, 5.74) is 19.7. The average molecular weight is 748 g/mol. The van der Waals surface area contributed by atoms with Gasteiger partial charge in [0.25, 0.3) is 0 Å². The minimum absolute atomic E-state index is 0.0766. The Hall–Kier alpha value is -6.84. The Labute approximate surface area is 341 Å². The highest BCUT2D eigenvalue weighted by molar-refractivity contribution is 6.17. The molecule has 280 valence electrons. The molecule has 0 amide bonds. The Morgan fingerprint density at radius 3 is 1.59 bits per heavy atom. The van der Waals surface area contributed by atoms with E-state index >= 15 is 0 Å². The number of fused-ring (bicyclic) bond motifs is 9. The van der Waals surface area contributed by atoms with Crippen LogP contribution in [-0.4, -0.2) is 4.57 Å². The van der Waals surface area contributed by atoms with Gasteiger partial charge < -0.3 is 14.4 Å². The lowest BCUT2D eigenvalue weighted by molar-refractivity contribution is 0.660. The largest absolute Gasteiger partial charge is 0.343 e. The van der Waals surface area contributed by atoms with E-state index in [1.54, 1.807) is 0 Å². The molecule has 9 aromatic rings. The first-order valence-electron chi connectivity index (χ1n) is 20.4. The molecule has 0 radical (unpaired) electrons. The fourth-order valence-electron chi connectivity index (χ4n) is 10.3. The van der Waals surface area contributed by atoms with Crippen molar-refractivity contribution in [2.24, 2.45) is 7.05 Å². The third kappa shape index (κ3) is 4.92. The zero-order valence-electron chi connectivity index (χ0n) is 33.7. The van der Waals surface area contributed by atoms with Crippen LogP contribution in [0.1, 0.15) is 49.9 Å². The van der Waals surface area contributed by atoms with E-state index in [4.69, 9.17) is 0 Å². The molecule has 2 aliphatic rings. The molecule has 0 saturated carbocycles. The second kappa shape index (κ2) is 12.6. The SMILES string of the molecule is Cn1c2ccccc2c2c(N(c3ccccc3)c3ccc4c(c3)-c3ccccc3C4(C)C)cc(N(c3ccccc3)c3ccc4c(c3)C(C)(C)c3ccccc3-4)cc21. The Kier molecular flexibility index (Phi) is 7.46. The zero-order chi connectivity index (χ0) is 39.3. The van der Waals surface area contributed by atoms with Crippen molar-refractivity contribution in [2.75, 3.05) is 9.80 Å². The smallest absolute Gasteiger partial charge is 0.0582 e. The lowest BCUT2D eigenvalue weighted by Crippen LogP contribution is -2.17. The summed E-state index contributed by atoms with van der Waals surface area (Å²) in [6.45, 7) is 9.43. The summed E-state index contributed by atoms with van der Waals surface area (Å²) in [6.07, 6.45) is 0. The summed E-state index contributed by atoms with van der Waals surface area (Å²) in [6, 6.07) is 67.4. The average Bonchev–Trinajstić information content (AvgIpc) is 3.77. The second-order valence-corrected chi connectivity index (χ2v) is 17.1. The monoisotopic (exact) mass is 747 g/mol. The molecule has 11 rings (SSSR count). The van der Waals surface area contributed by atoms with Gasteiger partial charge in [-0.15, -0.1) is 0 Å². The minimum atomic E-state index is -0.125. The first-order valence-corrected chi connectivity index (χ1v) is 20.4. The molecule has 2 aliphatic carbocycles. The van der Waals surface area contributed by atoms with Gasteiger partial charge in [0.15, 0.2) is 0 Å². The van der Waals surface area contributed by atoms with Crippen LogP contribution in [0.5, 0.6) is 0 Å². The van der Waals surface area contributed by atoms with E-state index in [0.717, 1.165) is 34.1 Å². The zero-order valence-corrected chi connectivity index (χ0v) is 33.7. The number of aromatic nitrogens is 1. The molecule has 58 heavy (non-hydrogen) atoms. The molecule has 3 heteroatoms. The van der Waals surface area contributed by atoms with Crippen LogP contribution in [0, 0.1) is 0 Å². The molecule has 0 spiro atoms. The van der Waals surface area contributed by atoms with Crippen LogP contribution in [0.3, 0.4) is 0 Å². The van der Waals surface area contributed by atoms with Crippen LogP contribution in [0.25, 0.3) is 44.1 Å². The Bertz CT molecular complexity index is 3080. The molecular formula is C55H45N3. The van der Waals surface area contributed by atoms with E-state index in [0.29, 0.717) is 0 Å². The molecule has 0 N–H and O–H groups in total. The van der Waals surface area contributed by atoms with E-state index in [2.05, 4.69) is 231 Å². The third-order valence-corrected chi connectivity index (χ3v) is 13.2. The maximum absolute atomic E-state index is 2.48. The predicted octanol–water partition coefficient (Wildman–Crippen LogP) is 14.9. The molecule has 3 nitrogen and oxygen atoms in total. The van der Waals surface area contributed by atoms with Crippen molar-refractivity contribution in [3.63, 3.8) is 0 Å². The van der Waals surface area contributed by atoms with Crippen LogP contribution >= 0.6 is 0 Å². The van der Waals surface area contributed by atoms with Crippen LogP contribution in [0.15, 0.2) is 182 Å². The highest BCUT2D eigenvalue weighted by Gasteiger charge is 2.37. The van der Waals surface area contributed by atoms with Gasteiger partial charge in [-0.3, -0.25) is 0 Å². The summed E-state index contributed by atoms with van der Waals surface area (Å²) in [4.78, 5) is 4.93. The molecule has 0 fully saturated rings. The van der Waals surface area contributed by atoms with E-state index < -0.39 is 0 Å². The van der Waals surface area contributed by atoms with Crippen molar-refractivity contribution >= 4 is 55.9 Å². The number of anilines is 6. The Morgan fingerprint density at radius 2 is 0.879 bits per heavy atom. The molecule has 0 bridgehead atoms. The topological polar surface area (TPSA) is 11.4 Å². The van der Waals surface area contributed by atoms with Crippen LogP contribution in [0.4, 0.5) is 34.1 Å². The molecule has 0 saturated heterocycles. The van der Waals surface area contributed by atoms with Gasteiger partial charge in [0, 0.05) is 56.9 Å². The maximum atomic E-state index is 2.48. The highest BCUT2D eigenvalue weighted by Crippen LogP contribution is 2.54. The van der Waals surface area contributed by atoms with Crippen LogP contribution in [-0.2, 0) is 17.9 Å². The number of aryl methyl sites for hydroxylation is 1. The number of para-hydroxylation sites is 3. The van der Waals surface area contributed by atoms with E-state index in [1.807, 2.05) is 0 Å². The number of rotatable bonds is 6. The molecular weight excluding hydrogens is 703 g/mol. The summed E-state index contributed by atoms with van der Waals surface area (Å²) in [7, 11) is 2.21. The van der Waals surface area contributed by atoms with Gasteiger partial charge in [-0.25, -0.2) is 0 Å². The Balaban J connectivity index is 1.20.